The molecule has 1 saturated heterocycles. The van der Waals surface area contributed by atoms with Gasteiger partial charge < -0.3 is 15.0 Å². The van der Waals surface area contributed by atoms with E-state index in [4.69, 9.17) is 4.74 Å². The number of hydrogen-bond acceptors (Lipinski definition) is 4. The summed E-state index contributed by atoms with van der Waals surface area (Å²) in [4.78, 5) is 13.9. The van der Waals surface area contributed by atoms with Crippen LogP contribution in [0, 0.1) is 5.41 Å². The molecular weight excluding hydrogens is 216 g/mol. The highest BCUT2D eigenvalue weighted by atomic mass is 16.5. The zero-order valence-corrected chi connectivity index (χ0v) is 11.6. The van der Waals surface area contributed by atoms with E-state index in [1.807, 2.05) is 6.92 Å². The molecule has 0 bridgehead atoms. The van der Waals surface area contributed by atoms with Crippen LogP contribution in [0.15, 0.2) is 0 Å². The SMILES string of the molecule is CCNC(CN1CCC(C)(C)CC1)C(=O)OC. The lowest BCUT2D eigenvalue weighted by atomic mass is 9.82. The molecule has 1 rings (SSSR count). The second-order valence-electron chi connectivity index (χ2n) is 5.60. The maximum Gasteiger partial charge on any atom is 0.324 e. The van der Waals surface area contributed by atoms with E-state index >= 15 is 0 Å². The average Bonchev–Trinajstić information content (AvgIpc) is 2.30. The van der Waals surface area contributed by atoms with Crippen molar-refractivity contribution in [3.05, 3.63) is 0 Å². The smallest absolute Gasteiger partial charge is 0.324 e. The van der Waals surface area contributed by atoms with Crippen molar-refractivity contribution in [3.63, 3.8) is 0 Å². The zero-order chi connectivity index (χ0) is 12.9. The van der Waals surface area contributed by atoms with Crippen LogP contribution in [-0.2, 0) is 9.53 Å². The van der Waals surface area contributed by atoms with E-state index in [-0.39, 0.29) is 12.0 Å². The number of nitrogens with zero attached hydrogens (tertiary/aromatic N) is 1. The van der Waals surface area contributed by atoms with Gasteiger partial charge in [0.2, 0.25) is 0 Å². The fourth-order valence-corrected chi connectivity index (χ4v) is 2.21. The summed E-state index contributed by atoms with van der Waals surface area (Å²) < 4.78 is 4.82. The minimum Gasteiger partial charge on any atom is -0.468 e. The van der Waals surface area contributed by atoms with Crippen LogP contribution in [0.25, 0.3) is 0 Å². The van der Waals surface area contributed by atoms with Crippen molar-refractivity contribution in [1.82, 2.24) is 10.2 Å². The maximum atomic E-state index is 11.6. The van der Waals surface area contributed by atoms with Gasteiger partial charge in [0.05, 0.1) is 7.11 Å². The third kappa shape index (κ3) is 4.64. The summed E-state index contributed by atoms with van der Waals surface area (Å²) in [5, 5.41) is 3.19. The molecule has 0 radical (unpaired) electrons. The molecule has 0 aromatic rings. The van der Waals surface area contributed by atoms with Gasteiger partial charge in [0, 0.05) is 6.54 Å². The molecule has 0 saturated carbocycles. The van der Waals surface area contributed by atoms with Crippen molar-refractivity contribution < 1.29 is 9.53 Å². The number of hydrogen-bond donors (Lipinski definition) is 1. The van der Waals surface area contributed by atoms with Gasteiger partial charge in [-0.05, 0) is 37.9 Å². The molecule has 1 aliphatic heterocycles. The monoisotopic (exact) mass is 242 g/mol. The van der Waals surface area contributed by atoms with E-state index in [1.165, 1.54) is 20.0 Å². The van der Waals surface area contributed by atoms with Gasteiger partial charge >= 0.3 is 5.97 Å². The van der Waals surface area contributed by atoms with Gasteiger partial charge in [-0.2, -0.15) is 0 Å². The zero-order valence-electron chi connectivity index (χ0n) is 11.6. The number of ether oxygens (including phenoxy) is 1. The molecule has 0 spiro atoms. The van der Waals surface area contributed by atoms with Crippen molar-refractivity contribution in [2.24, 2.45) is 5.41 Å². The first-order chi connectivity index (χ1) is 7.98. The predicted molar refractivity (Wildman–Crippen MR) is 68.9 cm³/mol. The summed E-state index contributed by atoms with van der Waals surface area (Å²) in [6.07, 6.45) is 2.40. The van der Waals surface area contributed by atoms with Crippen LogP contribution in [0.2, 0.25) is 0 Å². The number of rotatable bonds is 5. The highest BCUT2D eigenvalue weighted by molar-refractivity contribution is 5.75. The van der Waals surface area contributed by atoms with Crippen LogP contribution in [0.5, 0.6) is 0 Å². The van der Waals surface area contributed by atoms with Crippen LogP contribution in [0.4, 0.5) is 0 Å². The quantitative estimate of drug-likeness (QED) is 0.737. The van der Waals surface area contributed by atoms with E-state index in [9.17, 15) is 4.79 Å². The highest BCUT2D eigenvalue weighted by Crippen LogP contribution is 2.29. The van der Waals surface area contributed by atoms with E-state index < -0.39 is 0 Å². The summed E-state index contributed by atoms with van der Waals surface area (Å²) >= 11 is 0. The van der Waals surface area contributed by atoms with Gasteiger partial charge in [-0.25, -0.2) is 0 Å². The number of nitrogens with one attached hydrogen (secondary N) is 1. The molecule has 1 aliphatic rings. The standard InChI is InChI=1S/C13H26N2O2/c1-5-14-11(12(16)17-4)10-15-8-6-13(2,3)7-9-15/h11,14H,5-10H2,1-4H3. The first-order valence-corrected chi connectivity index (χ1v) is 6.52. The van der Waals surface area contributed by atoms with Crippen molar-refractivity contribution in [3.8, 4) is 0 Å². The second kappa shape index (κ2) is 6.36. The normalized spacial score (nSPS) is 22.1. The minimum atomic E-state index is -0.189. The average molecular weight is 242 g/mol. The molecule has 0 aliphatic carbocycles. The van der Waals surface area contributed by atoms with Crippen molar-refractivity contribution >= 4 is 5.97 Å². The molecular formula is C13H26N2O2. The summed E-state index contributed by atoms with van der Waals surface area (Å²) in [6, 6.07) is -0.189. The Morgan fingerprint density at radius 1 is 1.41 bits per heavy atom. The summed E-state index contributed by atoms with van der Waals surface area (Å²) in [7, 11) is 1.45. The predicted octanol–water partition coefficient (Wildman–Crippen LogP) is 1.26. The van der Waals surface area contributed by atoms with E-state index in [0.717, 1.165) is 26.2 Å². The largest absolute Gasteiger partial charge is 0.468 e. The first kappa shape index (κ1) is 14.5. The molecule has 0 aromatic carbocycles. The van der Waals surface area contributed by atoms with Gasteiger partial charge in [-0.3, -0.25) is 4.79 Å². The van der Waals surface area contributed by atoms with Crippen LogP contribution in [0.3, 0.4) is 0 Å². The maximum absolute atomic E-state index is 11.6. The van der Waals surface area contributed by atoms with Gasteiger partial charge in [-0.1, -0.05) is 20.8 Å². The number of esters is 1. The Hall–Kier alpha value is -0.610. The molecule has 4 nitrogen and oxygen atoms in total. The molecule has 1 fully saturated rings. The minimum absolute atomic E-state index is 0.156. The van der Waals surface area contributed by atoms with Crippen LogP contribution in [0.1, 0.15) is 33.6 Å². The number of methoxy groups -OCH3 is 1. The van der Waals surface area contributed by atoms with Gasteiger partial charge in [0.15, 0.2) is 0 Å². The van der Waals surface area contributed by atoms with Gasteiger partial charge in [0.1, 0.15) is 6.04 Å². The van der Waals surface area contributed by atoms with Crippen LogP contribution < -0.4 is 5.32 Å². The van der Waals surface area contributed by atoms with Gasteiger partial charge in [-0.15, -0.1) is 0 Å². The Morgan fingerprint density at radius 2 is 2.00 bits per heavy atom. The molecule has 1 heterocycles. The molecule has 1 atom stereocenters. The Morgan fingerprint density at radius 3 is 2.47 bits per heavy atom. The van der Waals surface area contributed by atoms with Crippen molar-refractivity contribution in [2.45, 2.75) is 39.7 Å². The lowest BCUT2D eigenvalue weighted by molar-refractivity contribution is -0.143. The van der Waals surface area contributed by atoms with Crippen LogP contribution >= 0.6 is 0 Å². The molecule has 0 aromatic heterocycles. The Bertz CT molecular complexity index is 244. The summed E-state index contributed by atoms with van der Waals surface area (Å²) in [5.41, 5.74) is 0.454. The Balaban J connectivity index is 2.43. The Labute approximate surface area is 105 Å². The molecule has 4 heteroatoms. The van der Waals surface area contributed by atoms with Gasteiger partial charge in [0.25, 0.3) is 0 Å². The fourth-order valence-electron chi connectivity index (χ4n) is 2.21. The molecule has 1 unspecified atom stereocenters. The lowest BCUT2D eigenvalue weighted by Crippen LogP contribution is -2.49. The lowest BCUT2D eigenvalue weighted by Gasteiger charge is -2.38. The van der Waals surface area contributed by atoms with Crippen molar-refractivity contribution in [2.75, 3.05) is 33.3 Å². The number of likely N-dealkylation sites (N-methyl/N-ethyl adjacent to an activating group) is 1. The van der Waals surface area contributed by atoms with E-state index in [0.29, 0.717) is 5.41 Å². The second-order valence-corrected chi connectivity index (χ2v) is 5.60. The van der Waals surface area contributed by atoms with Crippen molar-refractivity contribution in [1.29, 1.82) is 0 Å². The number of carbonyl (C=O) groups excluding carboxylic acids is 1. The molecule has 17 heavy (non-hydrogen) atoms. The highest BCUT2D eigenvalue weighted by Gasteiger charge is 2.28. The third-order valence-corrected chi connectivity index (χ3v) is 3.59. The number of likely N-dealkylation sites (tertiary alicyclic amines) is 1. The first-order valence-electron chi connectivity index (χ1n) is 6.52. The fraction of sp³-hybridized carbons (Fsp3) is 0.923. The number of carbonyl (C=O) groups is 1. The summed E-state index contributed by atoms with van der Waals surface area (Å²) in [5.74, 6) is -0.156. The van der Waals surface area contributed by atoms with E-state index in [2.05, 4.69) is 24.1 Å². The molecule has 100 valence electrons. The van der Waals surface area contributed by atoms with Crippen LogP contribution in [-0.4, -0.2) is 50.2 Å². The molecule has 1 N–H and O–H groups in total. The Kier molecular flexibility index (Phi) is 5.40. The third-order valence-electron chi connectivity index (χ3n) is 3.59. The summed E-state index contributed by atoms with van der Waals surface area (Å²) in [6.45, 7) is 10.3. The van der Waals surface area contributed by atoms with E-state index in [1.54, 1.807) is 0 Å². The topological polar surface area (TPSA) is 41.6 Å². The molecule has 0 amide bonds. The number of piperidine rings is 1.